The minimum absolute atomic E-state index is 0.467. The highest BCUT2D eigenvalue weighted by Crippen LogP contribution is 2.35. The van der Waals surface area contributed by atoms with Crippen molar-refractivity contribution in [3.8, 4) is 0 Å². The van der Waals surface area contributed by atoms with Crippen LogP contribution in [0.5, 0.6) is 0 Å². The normalized spacial score (nSPS) is 13.7. The molecule has 0 atom stereocenters. The van der Waals surface area contributed by atoms with E-state index in [0.29, 0.717) is 21.9 Å². The van der Waals surface area contributed by atoms with E-state index in [0.717, 1.165) is 13.2 Å². The molecule has 3 heteroatoms. The summed E-state index contributed by atoms with van der Waals surface area (Å²) < 4.78 is 13.2. The van der Waals surface area contributed by atoms with Gasteiger partial charge in [-0.3, -0.25) is 0 Å². The molecule has 0 aromatic heterocycles. The summed E-state index contributed by atoms with van der Waals surface area (Å²) in [5.74, 6) is 0. The Morgan fingerprint density at radius 2 is 0.828 bits per heavy atom. The number of hydrogen-bond acceptors (Lipinski definition) is 2. The second kappa shape index (κ2) is 14.2. The second-order valence-corrected chi connectivity index (χ2v) is 16.5. The molecule has 0 saturated carbocycles. The number of rotatable bonds is 16. The van der Waals surface area contributed by atoms with Gasteiger partial charge in [-0.1, -0.05) is 108 Å². The Morgan fingerprint density at radius 3 is 1.10 bits per heavy atom. The Bertz CT molecular complexity index is 352. The first-order valence-corrected chi connectivity index (χ1v) is 14.6. The van der Waals surface area contributed by atoms with E-state index < -0.39 is 8.56 Å². The summed E-state index contributed by atoms with van der Waals surface area (Å²) in [6, 6.07) is 0. The predicted molar refractivity (Wildman–Crippen MR) is 133 cm³/mol. The molecule has 0 aromatic carbocycles. The van der Waals surface area contributed by atoms with E-state index in [1.165, 1.54) is 64.2 Å². The average molecular weight is 429 g/mol. The van der Waals surface area contributed by atoms with Gasteiger partial charge in [0.05, 0.1) is 0 Å². The van der Waals surface area contributed by atoms with Gasteiger partial charge in [-0.05, 0) is 47.6 Å². The highest BCUT2D eigenvalue weighted by molar-refractivity contribution is 6.70. The highest BCUT2D eigenvalue weighted by atomic mass is 28.4. The molecule has 0 heterocycles. The van der Waals surface area contributed by atoms with Crippen LogP contribution >= 0.6 is 0 Å². The molecule has 0 aliphatic heterocycles. The fourth-order valence-corrected chi connectivity index (χ4v) is 7.74. The first-order valence-electron chi connectivity index (χ1n) is 12.6. The molecule has 0 spiro atoms. The van der Waals surface area contributed by atoms with Crippen molar-refractivity contribution in [1.82, 2.24) is 0 Å². The molecular formula is C26H56O2Si. The lowest BCUT2D eigenvalue weighted by Gasteiger charge is -2.37. The highest BCUT2D eigenvalue weighted by Gasteiger charge is 2.44. The van der Waals surface area contributed by atoms with Gasteiger partial charge in [0.1, 0.15) is 0 Å². The van der Waals surface area contributed by atoms with E-state index in [2.05, 4.69) is 69.2 Å². The molecule has 0 N–H and O–H groups in total. The zero-order valence-electron chi connectivity index (χ0n) is 22.0. The zero-order chi connectivity index (χ0) is 22.6. The van der Waals surface area contributed by atoms with Crippen molar-refractivity contribution in [3.63, 3.8) is 0 Å². The van der Waals surface area contributed by atoms with E-state index >= 15 is 0 Å². The van der Waals surface area contributed by atoms with E-state index in [9.17, 15) is 0 Å². The molecule has 29 heavy (non-hydrogen) atoms. The third-order valence-electron chi connectivity index (χ3n) is 5.91. The molecule has 0 aliphatic carbocycles. The third-order valence-corrected chi connectivity index (χ3v) is 10.4. The van der Waals surface area contributed by atoms with Crippen LogP contribution in [0.15, 0.2) is 0 Å². The Hall–Kier alpha value is 0.137. The Balaban J connectivity index is 4.22. The predicted octanol–water partition coefficient (Wildman–Crippen LogP) is 9.28. The van der Waals surface area contributed by atoms with Crippen molar-refractivity contribution in [2.24, 2.45) is 10.8 Å². The van der Waals surface area contributed by atoms with Crippen LogP contribution in [0.3, 0.4) is 0 Å². The van der Waals surface area contributed by atoms with E-state index in [1.807, 2.05) is 0 Å². The average Bonchev–Trinajstić information content (AvgIpc) is 2.55. The maximum absolute atomic E-state index is 6.59. The molecule has 0 radical (unpaired) electrons. The van der Waals surface area contributed by atoms with E-state index in [4.69, 9.17) is 8.85 Å². The molecular weight excluding hydrogens is 372 g/mol. The largest absolute Gasteiger partial charge is 0.394 e. The lowest BCUT2D eigenvalue weighted by Crippen LogP contribution is -2.48. The molecule has 2 nitrogen and oxygen atoms in total. The molecule has 0 saturated heterocycles. The Kier molecular flexibility index (Phi) is 14.3. The maximum Gasteiger partial charge on any atom is 0.343 e. The topological polar surface area (TPSA) is 18.5 Å². The van der Waals surface area contributed by atoms with Crippen LogP contribution in [0.2, 0.25) is 11.1 Å². The van der Waals surface area contributed by atoms with Crippen molar-refractivity contribution in [2.45, 2.75) is 145 Å². The van der Waals surface area contributed by atoms with Crippen LogP contribution < -0.4 is 0 Å². The summed E-state index contributed by atoms with van der Waals surface area (Å²) in [6.45, 7) is 25.0. The summed E-state index contributed by atoms with van der Waals surface area (Å²) >= 11 is 0. The molecule has 0 fully saturated rings. The molecule has 0 rings (SSSR count). The number of unbranched alkanes of at least 4 members (excludes halogenated alkanes) is 6. The second-order valence-electron chi connectivity index (χ2n) is 12.2. The third kappa shape index (κ3) is 14.7. The van der Waals surface area contributed by atoms with Crippen LogP contribution in [0, 0.1) is 10.8 Å². The first-order chi connectivity index (χ1) is 13.3. The van der Waals surface area contributed by atoms with Gasteiger partial charge in [-0.25, -0.2) is 0 Å². The van der Waals surface area contributed by atoms with Crippen LogP contribution in [0.25, 0.3) is 0 Å². The van der Waals surface area contributed by atoms with Gasteiger partial charge in [-0.15, -0.1) is 0 Å². The zero-order valence-corrected chi connectivity index (χ0v) is 23.0. The summed E-state index contributed by atoms with van der Waals surface area (Å²) in [4.78, 5) is 0. The van der Waals surface area contributed by atoms with Crippen LogP contribution in [0.4, 0.5) is 0 Å². The molecule has 0 unspecified atom stereocenters. The summed E-state index contributed by atoms with van der Waals surface area (Å²) in [7, 11) is -2.15. The lowest BCUT2D eigenvalue weighted by molar-refractivity contribution is 0.147. The van der Waals surface area contributed by atoms with E-state index in [-0.39, 0.29) is 0 Å². The summed E-state index contributed by atoms with van der Waals surface area (Å²) in [5, 5.41) is 0. The molecule has 0 aliphatic rings. The van der Waals surface area contributed by atoms with Gasteiger partial charge in [0.15, 0.2) is 0 Å². The fourth-order valence-electron chi connectivity index (χ4n) is 4.06. The Labute approximate surface area is 186 Å². The van der Waals surface area contributed by atoms with Gasteiger partial charge < -0.3 is 8.85 Å². The van der Waals surface area contributed by atoms with Crippen LogP contribution in [-0.4, -0.2) is 21.8 Å². The minimum Gasteiger partial charge on any atom is -0.394 e. The molecule has 0 aromatic rings. The quantitative estimate of drug-likeness (QED) is 0.180. The van der Waals surface area contributed by atoms with Gasteiger partial charge >= 0.3 is 8.56 Å². The summed E-state index contributed by atoms with van der Waals surface area (Å²) in [6.07, 6.45) is 12.9. The van der Waals surface area contributed by atoms with Crippen molar-refractivity contribution in [2.75, 3.05) is 13.2 Å². The van der Waals surface area contributed by atoms with Crippen LogP contribution in [-0.2, 0) is 8.85 Å². The molecule has 0 bridgehead atoms. The SMILES string of the molecule is CC(C)[Si](OCCCCCCC(C)(C)C)(OCCCCCCC(C)(C)C)C(C)C. The van der Waals surface area contributed by atoms with Gasteiger partial charge in [0, 0.05) is 13.2 Å². The van der Waals surface area contributed by atoms with Gasteiger partial charge in [-0.2, -0.15) is 0 Å². The summed E-state index contributed by atoms with van der Waals surface area (Å²) in [5.41, 5.74) is 1.94. The smallest absolute Gasteiger partial charge is 0.343 e. The fraction of sp³-hybridized carbons (Fsp3) is 1.00. The van der Waals surface area contributed by atoms with Crippen LogP contribution in [0.1, 0.15) is 133 Å². The number of hydrogen-bond donors (Lipinski definition) is 0. The van der Waals surface area contributed by atoms with Gasteiger partial charge in [0.25, 0.3) is 0 Å². The van der Waals surface area contributed by atoms with Crippen molar-refractivity contribution in [1.29, 1.82) is 0 Å². The minimum atomic E-state index is -2.15. The van der Waals surface area contributed by atoms with Crippen molar-refractivity contribution >= 4 is 8.56 Å². The Morgan fingerprint density at radius 1 is 0.517 bits per heavy atom. The van der Waals surface area contributed by atoms with Gasteiger partial charge in [0.2, 0.25) is 0 Å². The van der Waals surface area contributed by atoms with Crippen molar-refractivity contribution < 1.29 is 8.85 Å². The molecule has 0 amide bonds. The maximum atomic E-state index is 6.59. The standard InChI is InChI=1S/C26H56O2Si/c1-23(2)29(24(3)4,27-21-17-13-11-15-19-25(5,6)7)28-22-18-14-12-16-20-26(8,9)10/h23-24H,11-22H2,1-10H3. The molecule has 176 valence electrons. The lowest BCUT2D eigenvalue weighted by atomic mass is 9.89. The van der Waals surface area contributed by atoms with Crippen molar-refractivity contribution in [3.05, 3.63) is 0 Å². The first kappa shape index (κ1) is 29.1. The van der Waals surface area contributed by atoms with E-state index in [1.54, 1.807) is 0 Å². The monoisotopic (exact) mass is 428 g/mol.